The normalized spacial score (nSPS) is 14.5. The molecule has 25 heavy (non-hydrogen) atoms. The SMILES string of the molecule is CCC(=C1CCN(c2ncccn2)CC1)c1scc(C(=O)OC)c1C. The summed E-state index contributed by atoms with van der Waals surface area (Å²) in [4.78, 5) is 24.0. The second-order valence-corrected chi connectivity index (χ2v) is 6.95. The number of aromatic nitrogens is 2. The van der Waals surface area contributed by atoms with Crippen LogP contribution in [0.4, 0.5) is 5.95 Å². The van der Waals surface area contributed by atoms with E-state index >= 15 is 0 Å². The van der Waals surface area contributed by atoms with E-state index < -0.39 is 0 Å². The molecule has 1 saturated heterocycles. The van der Waals surface area contributed by atoms with Gasteiger partial charge in [0.25, 0.3) is 0 Å². The van der Waals surface area contributed by atoms with Gasteiger partial charge < -0.3 is 9.64 Å². The Hall–Kier alpha value is -2.21. The van der Waals surface area contributed by atoms with Crippen molar-refractivity contribution in [2.24, 2.45) is 0 Å². The number of thiophene rings is 1. The van der Waals surface area contributed by atoms with Crippen molar-refractivity contribution in [2.45, 2.75) is 33.1 Å². The van der Waals surface area contributed by atoms with Crippen LogP contribution >= 0.6 is 11.3 Å². The summed E-state index contributed by atoms with van der Waals surface area (Å²) in [6, 6.07) is 1.84. The molecule has 0 aromatic carbocycles. The summed E-state index contributed by atoms with van der Waals surface area (Å²) in [5.74, 6) is 0.552. The van der Waals surface area contributed by atoms with Gasteiger partial charge in [0, 0.05) is 35.7 Å². The maximum Gasteiger partial charge on any atom is 0.338 e. The molecule has 3 rings (SSSR count). The molecule has 0 N–H and O–H groups in total. The van der Waals surface area contributed by atoms with Gasteiger partial charge in [0.2, 0.25) is 5.95 Å². The number of piperidine rings is 1. The van der Waals surface area contributed by atoms with Crippen LogP contribution in [0.2, 0.25) is 0 Å². The van der Waals surface area contributed by atoms with Crippen LogP contribution in [0, 0.1) is 6.92 Å². The number of hydrogen-bond donors (Lipinski definition) is 0. The van der Waals surface area contributed by atoms with E-state index in [2.05, 4.69) is 21.8 Å². The molecule has 0 atom stereocenters. The van der Waals surface area contributed by atoms with E-state index in [0.717, 1.165) is 43.9 Å². The topological polar surface area (TPSA) is 55.3 Å². The molecule has 1 aliphatic heterocycles. The van der Waals surface area contributed by atoms with Crippen molar-refractivity contribution in [2.75, 3.05) is 25.1 Å². The Balaban J connectivity index is 1.82. The third-order valence-electron chi connectivity index (χ3n) is 4.70. The largest absolute Gasteiger partial charge is 0.465 e. The summed E-state index contributed by atoms with van der Waals surface area (Å²) >= 11 is 1.65. The molecule has 0 radical (unpaired) electrons. The van der Waals surface area contributed by atoms with Crippen molar-refractivity contribution in [3.63, 3.8) is 0 Å². The molecular formula is C19H23N3O2S. The molecule has 0 aliphatic carbocycles. The summed E-state index contributed by atoms with van der Waals surface area (Å²) in [5, 5.41) is 1.92. The molecule has 132 valence electrons. The number of carbonyl (C=O) groups is 1. The van der Waals surface area contributed by atoms with E-state index in [9.17, 15) is 4.79 Å². The van der Waals surface area contributed by atoms with Gasteiger partial charge in [-0.05, 0) is 43.4 Å². The maximum absolute atomic E-state index is 11.9. The second-order valence-electron chi connectivity index (χ2n) is 6.07. The summed E-state index contributed by atoms with van der Waals surface area (Å²) in [5.41, 5.74) is 4.58. The van der Waals surface area contributed by atoms with E-state index in [-0.39, 0.29) is 5.97 Å². The Bertz CT molecular complexity index is 773. The molecule has 5 nitrogen and oxygen atoms in total. The number of nitrogens with zero attached hydrogens (tertiary/aromatic N) is 3. The Morgan fingerprint density at radius 1 is 1.28 bits per heavy atom. The van der Waals surface area contributed by atoms with Gasteiger partial charge in [0.05, 0.1) is 12.7 Å². The summed E-state index contributed by atoms with van der Waals surface area (Å²) in [6.45, 7) is 6.06. The fourth-order valence-electron chi connectivity index (χ4n) is 3.33. The average molecular weight is 357 g/mol. The van der Waals surface area contributed by atoms with Crippen molar-refractivity contribution in [3.8, 4) is 0 Å². The van der Waals surface area contributed by atoms with Crippen LogP contribution in [0.25, 0.3) is 5.57 Å². The van der Waals surface area contributed by atoms with E-state index in [1.54, 1.807) is 23.7 Å². The zero-order valence-electron chi connectivity index (χ0n) is 14.9. The van der Waals surface area contributed by atoms with Gasteiger partial charge in [-0.2, -0.15) is 0 Å². The highest BCUT2D eigenvalue weighted by atomic mass is 32.1. The highest BCUT2D eigenvalue weighted by Crippen LogP contribution is 2.36. The Labute approximate surface area is 152 Å². The van der Waals surface area contributed by atoms with Gasteiger partial charge in [-0.25, -0.2) is 14.8 Å². The van der Waals surface area contributed by atoms with Gasteiger partial charge in [-0.15, -0.1) is 11.3 Å². The van der Waals surface area contributed by atoms with Gasteiger partial charge in [0.1, 0.15) is 0 Å². The van der Waals surface area contributed by atoms with Gasteiger partial charge in [-0.3, -0.25) is 0 Å². The zero-order chi connectivity index (χ0) is 17.8. The van der Waals surface area contributed by atoms with E-state index in [4.69, 9.17) is 4.74 Å². The highest BCUT2D eigenvalue weighted by Gasteiger charge is 2.22. The van der Waals surface area contributed by atoms with E-state index in [1.165, 1.54) is 23.1 Å². The molecule has 2 aromatic heterocycles. The van der Waals surface area contributed by atoms with Crippen molar-refractivity contribution in [1.29, 1.82) is 0 Å². The number of ether oxygens (including phenoxy) is 1. The van der Waals surface area contributed by atoms with Crippen LogP contribution in [0.3, 0.4) is 0 Å². The van der Waals surface area contributed by atoms with Crippen LogP contribution in [0.5, 0.6) is 0 Å². The highest BCUT2D eigenvalue weighted by molar-refractivity contribution is 7.11. The quantitative estimate of drug-likeness (QED) is 0.771. The number of anilines is 1. The van der Waals surface area contributed by atoms with E-state index in [0.29, 0.717) is 5.56 Å². The third-order valence-corrected chi connectivity index (χ3v) is 5.84. The molecule has 0 unspecified atom stereocenters. The molecule has 0 spiro atoms. The molecule has 0 saturated carbocycles. The maximum atomic E-state index is 11.9. The van der Waals surface area contributed by atoms with Crippen molar-refractivity contribution < 1.29 is 9.53 Å². The molecule has 1 aliphatic rings. The predicted octanol–water partition coefficient (Wildman–Crippen LogP) is 4.10. The number of rotatable bonds is 4. The number of hydrogen-bond acceptors (Lipinski definition) is 6. The molecular weight excluding hydrogens is 334 g/mol. The predicted molar refractivity (Wildman–Crippen MR) is 101 cm³/mol. The number of carbonyl (C=O) groups excluding carboxylic acids is 1. The summed E-state index contributed by atoms with van der Waals surface area (Å²) in [7, 11) is 1.43. The first-order valence-electron chi connectivity index (χ1n) is 8.55. The van der Waals surface area contributed by atoms with Crippen LogP contribution in [-0.2, 0) is 4.74 Å². The Morgan fingerprint density at radius 3 is 2.56 bits per heavy atom. The lowest BCUT2D eigenvalue weighted by Crippen LogP contribution is -2.32. The van der Waals surface area contributed by atoms with Gasteiger partial charge in [-0.1, -0.05) is 12.5 Å². The fourth-order valence-corrected chi connectivity index (χ4v) is 4.56. The van der Waals surface area contributed by atoms with Crippen molar-refractivity contribution >= 4 is 28.8 Å². The summed E-state index contributed by atoms with van der Waals surface area (Å²) in [6.07, 6.45) is 6.56. The Morgan fingerprint density at radius 2 is 1.96 bits per heavy atom. The lowest BCUT2D eigenvalue weighted by atomic mass is 9.93. The van der Waals surface area contributed by atoms with Crippen LogP contribution in [0.1, 0.15) is 47.0 Å². The number of allylic oxidation sites excluding steroid dienone is 1. The second kappa shape index (κ2) is 7.78. The number of esters is 1. The first kappa shape index (κ1) is 17.6. The lowest BCUT2D eigenvalue weighted by Gasteiger charge is -2.29. The first-order chi connectivity index (χ1) is 12.2. The van der Waals surface area contributed by atoms with Gasteiger partial charge >= 0.3 is 5.97 Å². The van der Waals surface area contributed by atoms with Crippen molar-refractivity contribution in [3.05, 3.63) is 45.4 Å². The first-order valence-corrected chi connectivity index (χ1v) is 9.43. The molecule has 3 heterocycles. The standard InChI is InChI=1S/C19H23N3O2S/c1-4-15(17-13(2)16(12-25-17)18(23)24-3)14-6-10-22(11-7-14)19-20-8-5-9-21-19/h5,8-9,12H,4,6-7,10-11H2,1-3H3. The van der Waals surface area contributed by atoms with Crippen LogP contribution < -0.4 is 4.90 Å². The minimum absolute atomic E-state index is 0.253. The average Bonchev–Trinajstić information content (AvgIpc) is 3.04. The van der Waals surface area contributed by atoms with Crippen molar-refractivity contribution in [1.82, 2.24) is 9.97 Å². The lowest BCUT2D eigenvalue weighted by molar-refractivity contribution is 0.0600. The van der Waals surface area contributed by atoms with Gasteiger partial charge in [0.15, 0.2) is 0 Å². The van der Waals surface area contributed by atoms with E-state index in [1.807, 2.05) is 18.4 Å². The minimum atomic E-state index is -0.253. The third kappa shape index (κ3) is 3.58. The Kier molecular flexibility index (Phi) is 5.48. The molecule has 6 heteroatoms. The smallest absolute Gasteiger partial charge is 0.338 e. The van der Waals surface area contributed by atoms with Crippen LogP contribution in [-0.4, -0.2) is 36.1 Å². The fraction of sp³-hybridized carbons (Fsp3) is 0.421. The zero-order valence-corrected chi connectivity index (χ0v) is 15.7. The minimum Gasteiger partial charge on any atom is -0.465 e. The monoisotopic (exact) mass is 357 g/mol. The van der Waals surface area contributed by atoms with Crippen LogP contribution in [0.15, 0.2) is 29.4 Å². The molecule has 0 bridgehead atoms. The number of methoxy groups -OCH3 is 1. The molecule has 1 fully saturated rings. The molecule has 0 amide bonds. The molecule has 2 aromatic rings. The summed E-state index contributed by atoms with van der Waals surface area (Å²) < 4.78 is 4.88.